The highest BCUT2D eigenvalue weighted by Crippen LogP contribution is 1.99. The van der Waals surface area contributed by atoms with Crippen LogP contribution < -0.4 is 5.73 Å². The van der Waals surface area contributed by atoms with Crippen LogP contribution in [0.25, 0.3) is 0 Å². The van der Waals surface area contributed by atoms with Gasteiger partial charge in [0.05, 0.1) is 6.04 Å². The molecule has 0 aromatic carbocycles. The van der Waals surface area contributed by atoms with Crippen molar-refractivity contribution < 1.29 is 9.59 Å². The predicted molar refractivity (Wildman–Crippen MR) is 42.0 cm³/mol. The van der Waals surface area contributed by atoms with Gasteiger partial charge in [-0.2, -0.15) is 0 Å². The number of nitrogens with zero attached hydrogens (tertiary/aromatic N) is 1. The van der Waals surface area contributed by atoms with Crippen LogP contribution in [-0.4, -0.2) is 36.7 Å². The van der Waals surface area contributed by atoms with Gasteiger partial charge < -0.3 is 5.73 Å². The monoisotopic (exact) mass is 158 g/mol. The van der Waals surface area contributed by atoms with E-state index in [0.29, 0.717) is 0 Å². The van der Waals surface area contributed by atoms with Crippen LogP contribution in [0.5, 0.6) is 0 Å². The number of likely N-dealkylation sites (N-methyl/N-ethyl adjacent to an activating group) is 1. The molecule has 0 rings (SSSR count). The molecule has 0 radical (unpaired) electrons. The predicted octanol–water partition coefficient (Wildman–Crippen LogP) is -0.619. The number of carbonyl (C=O) groups is 2. The Balaban J connectivity index is 4.12. The van der Waals surface area contributed by atoms with E-state index in [4.69, 9.17) is 5.73 Å². The molecule has 1 amide bonds. The summed E-state index contributed by atoms with van der Waals surface area (Å²) in [6, 6.07) is -0.368. The summed E-state index contributed by atoms with van der Waals surface area (Å²) < 4.78 is 0. The molecule has 0 aliphatic heterocycles. The summed E-state index contributed by atoms with van der Waals surface area (Å²) in [4.78, 5) is 23.0. The van der Waals surface area contributed by atoms with Gasteiger partial charge in [-0.1, -0.05) is 0 Å². The first-order chi connectivity index (χ1) is 4.95. The Labute approximate surface area is 66.4 Å². The second-order valence-electron chi connectivity index (χ2n) is 2.76. The van der Waals surface area contributed by atoms with E-state index in [1.165, 1.54) is 6.92 Å². The Morgan fingerprint density at radius 3 is 2.00 bits per heavy atom. The highest BCUT2D eigenvalue weighted by molar-refractivity contribution is 5.87. The second kappa shape index (κ2) is 4.08. The number of ketones is 1. The number of hydrogen-bond donors (Lipinski definition) is 1. The molecule has 0 saturated heterocycles. The zero-order chi connectivity index (χ0) is 9.02. The molecule has 0 aromatic rings. The molecule has 4 heteroatoms. The first-order valence-electron chi connectivity index (χ1n) is 3.40. The standard InChI is InChI=1S/C7H14N2O2/c1-5(10)6(9(2)3)4-7(8)11/h6H,4H2,1-3H3,(H2,8,11)/t6-/m0/s1. The lowest BCUT2D eigenvalue weighted by Crippen LogP contribution is -2.37. The molecule has 0 fully saturated rings. The van der Waals surface area contributed by atoms with Gasteiger partial charge in [-0.3, -0.25) is 14.5 Å². The van der Waals surface area contributed by atoms with Crippen LogP contribution in [0.3, 0.4) is 0 Å². The fourth-order valence-corrected chi connectivity index (χ4v) is 0.880. The van der Waals surface area contributed by atoms with Crippen LogP contribution in [0.4, 0.5) is 0 Å². The fourth-order valence-electron chi connectivity index (χ4n) is 0.880. The molecule has 64 valence electrons. The molecular formula is C7H14N2O2. The quantitative estimate of drug-likeness (QED) is 0.593. The third-order valence-corrected chi connectivity index (χ3v) is 1.49. The van der Waals surface area contributed by atoms with Crippen molar-refractivity contribution in [3.63, 3.8) is 0 Å². The van der Waals surface area contributed by atoms with E-state index >= 15 is 0 Å². The van der Waals surface area contributed by atoms with Crippen LogP contribution >= 0.6 is 0 Å². The van der Waals surface area contributed by atoms with Gasteiger partial charge in [0.25, 0.3) is 0 Å². The zero-order valence-electron chi connectivity index (χ0n) is 7.13. The Kier molecular flexibility index (Phi) is 3.74. The molecule has 0 aromatic heterocycles. The van der Waals surface area contributed by atoms with Gasteiger partial charge in [0.1, 0.15) is 5.78 Å². The molecule has 11 heavy (non-hydrogen) atoms. The Morgan fingerprint density at radius 2 is 1.91 bits per heavy atom. The summed E-state index contributed by atoms with van der Waals surface area (Å²) in [5.41, 5.74) is 4.95. The van der Waals surface area contributed by atoms with Crippen LogP contribution in [0.1, 0.15) is 13.3 Å². The number of hydrogen-bond acceptors (Lipinski definition) is 3. The highest BCUT2D eigenvalue weighted by atomic mass is 16.1. The molecule has 0 aliphatic rings. The van der Waals surface area contributed by atoms with Crippen LogP contribution in [0, 0.1) is 0 Å². The van der Waals surface area contributed by atoms with Gasteiger partial charge in [-0.25, -0.2) is 0 Å². The molecule has 0 aliphatic carbocycles. The third-order valence-electron chi connectivity index (χ3n) is 1.49. The second-order valence-corrected chi connectivity index (χ2v) is 2.76. The molecule has 4 nitrogen and oxygen atoms in total. The van der Waals surface area contributed by atoms with Crippen molar-refractivity contribution in [3.05, 3.63) is 0 Å². The smallest absolute Gasteiger partial charge is 0.219 e. The van der Waals surface area contributed by atoms with E-state index in [-0.39, 0.29) is 18.2 Å². The summed E-state index contributed by atoms with van der Waals surface area (Å²) in [5.74, 6) is -0.479. The summed E-state index contributed by atoms with van der Waals surface area (Å²) in [6.45, 7) is 1.45. The summed E-state index contributed by atoms with van der Waals surface area (Å²) in [5, 5.41) is 0. The van der Waals surface area contributed by atoms with Crippen LogP contribution in [-0.2, 0) is 9.59 Å². The number of rotatable bonds is 4. The SMILES string of the molecule is CC(=O)[C@H](CC(N)=O)N(C)C. The minimum atomic E-state index is -0.445. The molecule has 0 heterocycles. The first kappa shape index (κ1) is 10.1. The van der Waals surface area contributed by atoms with E-state index in [0.717, 1.165) is 0 Å². The van der Waals surface area contributed by atoms with Crippen molar-refractivity contribution in [1.82, 2.24) is 4.90 Å². The summed E-state index contributed by atoms with van der Waals surface area (Å²) >= 11 is 0. The van der Waals surface area contributed by atoms with Gasteiger partial charge in [0.15, 0.2) is 0 Å². The highest BCUT2D eigenvalue weighted by Gasteiger charge is 2.18. The lowest BCUT2D eigenvalue weighted by molar-refractivity contribution is -0.126. The normalized spacial score (nSPS) is 13.1. The number of Topliss-reactive ketones (excluding diaryl/α,β-unsaturated/α-hetero) is 1. The molecule has 1 atom stereocenters. The lowest BCUT2D eigenvalue weighted by atomic mass is 10.1. The fraction of sp³-hybridized carbons (Fsp3) is 0.714. The Morgan fingerprint density at radius 1 is 1.45 bits per heavy atom. The summed E-state index contributed by atoms with van der Waals surface area (Å²) in [6.07, 6.45) is 0.0995. The molecule has 0 bridgehead atoms. The van der Waals surface area contributed by atoms with Crippen molar-refractivity contribution in [2.24, 2.45) is 5.73 Å². The summed E-state index contributed by atoms with van der Waals surface area (Å²) in [7, 11) is 3.49. The van der Waals surface area contributed by atoms with Crippen LogP contribution in [0.15, 0.2) is 0 Å². The van der Waals surface area contributed by atoms with Gasteiger partial charge in [0.2, 0.25) is 5.91 Å². The molecule has 0 spiro atoms. The van der Waals surface area contributed by atoms with Gasteiger partial charge >= 0.3 is 0 Å². The van der Waals surface area contributed by atoms with Gasteiger partial charge in [-0.15, -0.1) is 0 Å². The first-order valence-corrected chi connectivity index (χ1v) is 3.40. The Hall–Kier alpha value is -0.900. The van der Waals surface area contributed by atoms with E-state index in [2.05, 4.69) is 0 Å². The van der Waals surface area contributed by atoms with Gasteiger partial charge in [-0.05, 0) is 21.0 Å². The number of primary amides is 1. The minimum absolute atomic E-state index is 0.0335. The van der Waals surface area contributed by atoms with Crippen molar-refractivity contribution in [1.29, 1.82) is 0 Å². The Bertz CT molecular complexity index is 166. The largest absolute Gasteiger partial charge is 0.370 e. The van der Waals surface area contributed by atoms with E-state index < -0.39 is 5.91 Å². The van der Waals surface area contributed by atoms with Crippen molar-refractivity contribution >= 4 is 11.7 Å². The molecule has 0 saturated carbocycles. The van der Waals surface area contributed by atoms with Crippen molar-refractivity contribution in [3.8, 4) is 0 Å². The average Bonchev–Trinajstić information content (AvgIpc) is 1.81. The van der Waals surface area contributed by atoms with Crippen LogP contribution in [0.2, 0.25) is 0 Å². The maximum absolute atomic E-state index is 10.9. The molecule has 0 unspecified atom stereocenters. The van der Waals surface area contributed by atoms with Crippen molar-refractivity contribution in [2.75, 3.05) is 14.1 Å². The minimum Gasteiger partial charge on any atom is -0.370 e. The molecular weight excluding hydrogens is 144 g/mol. The third kappa shape index (κ3) is 3.72. The lowest BCUT2D eigenvalue weighted by Gasteiger charge is -2.19. The van der Waals surface area contributed by atoms with E-state index in [1.807, 2.05) is 0 Å². The van der Waals surface area contributed by atoms with Gasteiger partial charge in [0, 0.05) is 6.42 Å². The maximum atomic E-state index is 10.9. The number of nitrogens with two attached hydrogens (primary N) is 1. The topological polar surface area (TPSA) is 63.4 Å². The van der Waals surface area contributed by atoms with E-state index in [9.17, 15) is 9.59 Å². The van der Waals surface area contributed by atoms with Crippen molar-refractivity contribution in [2.45, 2.75) is 19.4 Å². The zero-order valence-corrected chi connectivity index (χ0v) is 7.13. The maximum Gasteiger partial charge on any atom is 0.219 e. The van der Waals surface area contributed by atoms with E-state index in [1.54, 1.807) is 19.0 Å². The number of amides is 1. The average molecular weight is 158 g/mol. The number of carbonyl (C=O) groups excluding carboxylic acids is 2. The molecule has 2 N–H and O–H groups in total.